The predicted molar refractivity (Wildman–Crippen MR) is 52.3 cm³/mol. The molecule has 0 radical (unpaired) electrons. The van der Waals surface area contributed by atoms with Crippen LogP contribution in [0.25, 0.3) is 0 Å². The smallest absolute Gasteiger partial charge is 0.0338 e. The summed E-state index contributed by atoms with van der Waals surface area (Å²) in [5.41, 5.74) is 0. The van der Waals surface area contributed by atoms with Crippen molar-refractivity contribution >= 4 is 11.6 Å². The molecule has 1 nitrogen and oxygen atoms in total. The lowest BCUT2D eigenvalue weighted by Crippen LogP contribution is -2.57. The average molecular weight is 186 g/mol. The third-order valence-corrected chi connectivity index (χ3v) is 3.30. The van der Waals surface area contributed by atoms with Crippen molar-refractivity contribution in [3.05, 3.63) is 11.6 Å². The van der Waals surface area contributed by atoms with Crippen molar-refractivity contribution in [3.8, 4) is 0 Å². The van der Waals surface area contributed by atoms with Crippen LogP contribution in [0.2, 0.25) is 0 Å². The molecule has 12 heavy (non-hydrogen) atoms. The molecule has 1 heterocycles. The standard InChI is InChI=1S/C10H16ClN/c1-8(11)6-12-7-9-4-2-3-5-10(9)12/h9-10H,1-7H2/t9-,10-/m1/s1. The fourth-order valence-corrected chi connectivity index (χ4v) is 2.74. The summed E-state index contributed by atoms with van der Waals surface area (Å²) in [5.74, 6) is 0.981. The van der Waals surface area contributed by atoms with Crippen LogP contribution in [-0.4, -0.2) is 24.0 Å². The molecule has 1 saturated carbocycles. The lowest BCUT2D eigenvalue weighted by molar-refractivity contribution is -0.00501. The molecular formula is C10H16ClN. The second kappa shape index (κ2) is 3.39. The van der Waals surface area contributed by atoms with Gasteiger partial charge in [0.2, 0.25) is 0 Å². The molecule has 2 aliphatic rings. The van der Waals surface area contributed by atoms with Crippen molar-refractivity contribution in [1.29, 1.82) is 0 Å². The summed E-state index contributed by atoms with van der Waals surface area (Å²) in [4.78, 5) is 2.47. The average Bonchev–Trinajstić information content (AvgIpc) is 2.00. The first-order valence-corrected chi connectivity index (χ1v) is 5.22. The Morgan fingerprint density at radius 2 is 2.17 bits per heavy atom. The van der Waals surface area contributed by atoms with Crippen LogP contribution in [0.5, 0.6) is 0 Å². The van der Waals surface area contributed by atoms with E-state index in [2.05, 4.69) is 11.5 Å². The normalized spacial score (nSPS) is 35.4. The molecule has 0 bridgehead atoms. The largest absolute Gasteiger partial charge is 0.295 e. The zero-order chi connectivity index (χ0) is 8.55. The van der Waals surface area contributed by atoms with Crippen molar-refractivity contribution in [1.82, 2.24) is 4.90 Å². The van der Waals surface area contributed by atoms with Gasteiger partial charge < -0.3 is 0 Å². The molecule has 2 heteroatoms. The topological polar surface area (TPSA) is 3.24 Å². The molecule has 2 fully saturated rings. The van der Waals surface area contributed by atoms with E-state index in [0.29, 0.717) is 0 Å². The highest BCUT2D eigenvalue weighted by atomic mass is 35.5. The number of halogens is 1. The maximum absolute atomic E-state index is 5.78. The van der Waals surface area contributed by atoms with Crippen LogP contribution in [0.1, 0.15) is 25.7 Å². The number of fused-ring (bicyclic) bond motifs is 1. The van der Waals surface area contributed by atoms with Crippen molar-refractivity contribution in [2.75, 3.05) is 13.1 Å². The van der Waals surface area contributed by atoms with E-state index in [4.69, 9.17) is 11.6 Å². The van der Waals surface area contributed by atoms with Crippen LogP contribution in [-0.2, 0) is 0 Å². The molecule has 0 amide bonds. The van der Waals surface area contributed by atoms with Crippen LogP contribution >= 0.6 is 11.6 Å². The highest BCUT2D eigenvalue weighted by molar-refractivity contribution is 6.29. The van der Waals surface area contributed by atoms with Gasteiger partial charge in [0.25, 0.3) is 0 Å². The minimum atomic E-state index is 0.791. The number of nitrogens with zero attached hydrogens (tertiary/aromatic N) is 1. The molecular weight excluding hydrogens is 170 g/mol. The van der Waals surface area contributed by atoms with E-state index >= 15 is 0 Å². The summed E-state index contributed by atoms with van der Waals surface area (Å²) in [7, 11) is 0. The fraction of sp³-hybridized carbons (Fsp3) is 0.800. The van der Waals surface area contributed by atoms with Gasteiger partial charge in [-0.25, -0.2) is 0 Å². The first kappa shape index (κ1) is 8.58. The molecule has 0 aromatic rings. The van der Waals surface area contributed by atoms with Gasteiger partial charge in [-0.15, -0.1) is 0 Å². The highest BCUT2D eigenvalue weighted by Gasteiger charge is 2.39. The quantitative estimate of drug-likeness (QED) is 0.640. The molecule has 0 aromatic heterocycles. The van der Waals surface area contributed by atoms with Gasteiger partial charge in [0, 0.05) is 24.2 Å². The summed E-state index contributed by atoms with van der Waals surface area (Å²) in [6.07, 6.45) is 5.67. The molecule has 68 valence electrons. The van der Waals surface area contributed by atoms with Crippen molar-refractivity contribution in [2.24, 2.45) is 5.92 Å². The Morgan fingerprint density at radius 3 is 2.83 bits per heavy atom. The van der Waals surface area contributed by atoms with Crippen LogP contribution in [0.4, 0.5) is 0 Å². The van der Waals surface area contributed by atoms with Gasteiger partial charge in [0.1, 0.15) is 0 Å². The van der Waals surface area contributed by atoms with E-state index in [0.717, 1.165) is 23.5 Å². The minimum Gasteiger partial charge on any atom is -0.295 e. The first-order valence-electron chi connectivity index (χ1n) is 4.84. The van der Waals surface area contributed by atoms with Crippen molar-refractivity contribution < 1.29 is 0 Å². The molecule has 0 spiro atoms. The van der Waals surface area contributed by atoms with E-state index in [1.807, 2.05) is 0 Å². The summed E-state index contributed by atoms with van der Waals surface area (Å²) < 4.78 is 0. The third-order valence-electron chi connectivity index (χ3n) is 3.18. The molecule has 0 N–H and O–H groups in total. The molecule has 1 aliphatic carbocycles. The lowest BCUT2D eigenvalue weighted by Gasteiger charge is -2.51. The van der Waals surface area contributed by atoms with E-state index in [1.54, 1.807) is 0 Å². The first-order chi connectivity index (χ1) is 5.77. The van der Waals surface area contributed by atoms with Gasteiger partial charge in [-0.1, -0.05) is 31.0 Å². The maximum atomic E-state index is 5.78. The summed E-state index contributed by atoms with van der Waals surface area (Å²) in [5, 5.41) is 0.791. The van der Waals surface area contributed by atoms with Gasteiger partial charge in [0.15, 0.2) is 0 Å². The number of likely N-dealkylation sites (tertiary alicyclic amines) is 1. The number of hydrogen-bond donors (Lipinski definition) is 0. The Hall–Kier alpha value is -0.0100. The summed E-state index contributed by atoms with van der Waals surface area (Å²) >= 11 is 5.78. The van der Waals surface area contributed by atoms with Crippen LogP contribution in [0.3, 0.4) is 0 Å². The second-order valence-electron chi connectivity index (χ2n) is 4.06. The summed E-state index contributed by atoms with van der Waals surface area (Å²) in [6.45, 7) is 5.90. The van der Waals surface area contributed by atoms with Crippen molar-refractivity contribution in [2.45, 2.75) is 31.7 Å². The Balaban J connectivity index is 1.84. The van der Waals surface area contributed by atoms with E-state index in [-0.39, 0.29) is 0 Å². The number of hydrogen-bond acceptors (Lipinski definition) is 1. The molecule has 1 aliphatic heterocycles. The fourth-order valence-electron chi connectivity index (χ4n) is 2.58. The predicted octanol–water partition coefficient (Wildman–Crippen LogP) is 2.61. The van der Waals surface area contributed by atoms with Crippen LogP contribution in [0, 0.1) is 5.92 Å². The Kier molecular flexibility index (Phi) is 2.42. The van der Waals surface area contributed by atoms with E-state index in [9.17, 15) is 0 Å². The summed E-state index contributed by atoms with van der Waals surface area (Å²) in [6, 6.07) is 0.842. The van der Waals surface area contributed by atoms with Crippen LogP contribution < -0.4 is 0 Å². The number of rotatable bonds is 2. The Bertz CT molecular complexity index is 190. The van der Waals surface area contributed by atoms with Crippen LogP contribution in [0.15, 0.2) is 11.6 Å². The molecule has 2 rings (SSSR count). The minimum absolute atomic E-state index is 0.791. The van der Waals surface area contributed by atoms with Gasteiger partial charge in [-0.2, -0.15) is 0 Å². The van der Waals surface area contributed by atoms with Gasteiger partial charge in [0.05, 0.1) is 0 Å². The Labute approximate surface area is 79.4 Å². The van der Waals surface area contributed by atoms with E-state index < -0.39 is 0 Å². The third kappa shape index (κ3) is 1.53. The molecule has 0 aromatic carbocycles. The SMILES string of the molecule is C=C(Cl)CN1C[C@H]2CCCC[C@H]21. The molecule has 2 atom stereocenters. The monoisotopic (exact) mass is 185 g/mol. The Morgan fingerprint density at radius 1 is 1.42 bits per heavy atom. The van der Waals surface area contributed by atoms with Gasteiger partial charge in [-0.3, -0.25) is 4.90 Å². The molecule has 0 unspecified atom stereocenters. The maximum Gasteiger partial charge on any atom is 0.0338 e. The zero-order valence-electron chi connectivity index (χ0n) is 7.43. The molecule has 1 saturated heterocycles. The highest BCUT2D eigenvalue weighted by Crippen LogP contribution is 2.37. The van der Waals surface area contributed by atoms with Gasteiger partial charge >= 0.3 is 0 Å². The lowest BCUT2D eigenvalue weighted by atomic mass is 9.77. The second-order valence-corrected chi connectivity index (χ2v) is 4.59. The zero-order valence-corrected chi connectivity index (χ0v) is 8.19. The van der Waals surface area contributed by atoms with Gasteiger partial charge in [-0.05, 0) is 18.8 Å². The van der Waals surface area contributed by atoms with Crippen molar-refractivity contribution in [3.63, 3.8) is 0 Å². The van der Waals surface area contributed by atoms with E-state index in [1.165, 1.54) is 32.2 Å².